The molecule has 0 radical (unpaired) electrons. The number of fused-ring (bicyclic) bond motifs is 1. The standard InChI is InChI=1S/C22H25FN2O4.ClH/c23-17-7-3-6-15(10-17)22(28)24-11-18-20(21(27)19(13-26)29-18)25-9-8-14-4-1-2-5-16(14)12-25;/h1-7,10,18-21,26-27H,8-9,11-13H2,(H,24,28);1H/t18-,19+,20+,21-;/m1./s1. The third-order valence-electron chi connectivity index (χ3n) is 5.77. The van der Waals surface area contributed by atoms with E-state index in [1.807, 2.05) is 12.1 Å². The number of nitrogens with zero attached hydrogens (tertiary/aromatic N) is 1. The van der Waals surface area contributed by atoms with Gasteiger partial charge in [-0.3, -0.25) is 9.69 Å². The number of carbonyl (C=O) groups is 1. The number of hydrogen-bond donors (Lipinski definition) is 3. The Morgan fingerprint density at radius 3 is 2.67 bits per heavy atom. The van der Waals surface area contributed by atoms with Crippen LogP contribution in [0.3, 0.4) is 0 Å². The van der Waals surface area contributed by atoms with Crippen LogP contribution < -0.4 is 5.32 Å². The maximum Gasteiger partial charge on any atom is 0.251 e. The predicted octanol–water partition coefficient (Wildman–Crippen LogP) is 1.52. The molecule has 0 aromatic heterocycles. The number of rotatable bonds is 5. The summed E-state index contributed by atoms with van der Waals surface area (Å²) >= 11 is 0. The molecule has 2 aliphatic rings. The highest BCUT2D eigenvalue weighted by Crippen LogP contribution is 2.30. The summed E-state index contributed by atoms with van der Waals surface area (Å²) in [5.41, 5.74) is 2.73. The van der Waals surface area contributed by atoms with Gasteiger partial charge in [-0.25, -0.2) is 4.39 Å². The van der Waals surface area contributed by atoms with Gasteiger partial charge in [-0.1, -0.05) is 30.3 Å². The van der Waals surface area contributed by atoms with Crippen LogP contribution in [0.2, 0.25) is 0 Å². The molecule has 0 aliphatic carbocycles. The number of amides is 1. The second kappa shape index (κ2) is 9.85. The Bertz CT molecular complexity index is 884. The molecule has 8 heteroatoms. The number of nitrogens with one attached hydrogen (secondary N) is 1. The van der Waals surface area contributed by atoms with Crippen LogP contribution in [0, 0.1) is 5.82 Å². The summed E-state index contributed by atoms with van der Waals surface area (Å²) in [5, 5.41) is 23.1. The molecule has 2 heterocycles. The molecule has 4 atom stereocenters. The van der Waals surface area contributed by atoms with Crippen molar-refractivity contribution in [1.82, 2.24) is 10.2 Å². The first-order chi connectivity index (χ1) is 14.1. The molecular weight excluding hydrogens is 411 g/mol. The zero-order valence-corrected chi connectivity index (χ0v) is 17.2. The van der Waals surface area contributed by atoms with Gasteiger partial charge in [0, 0.05) is 25.2 Å². The van der Waals surface area contributed by atoms with Crippen LogP contribution in [0.5, 0.6) is 0 Å². The molecule has 0 saturated carbocycles. The summed E-state index contributed by atoms with van der Waals surface area (Å²) in [6.45, 7) is 1.30. The van der Waals surface area contributed by atoms with Crippen LogP contribution in [0.25, 0.3) is 0 Å². The molecule has 1 amide bonds. The lowest BCUT2D eigenvalue weighted by Gasteiger charge is -2.37. The number of aliphatic hydroxyl groups excluding tert-OH is 2. The molecule has 162 valence electrons. The van der Waals surface area contributed by atoms with E-state index < -0.39 is 30.0 Å². The minimum Gasteiger partial charge on any atom is -0.394 e. The average molecular weight is 437 g/mol. The molecule has 3 N–H and O–H groups in total. The molecule has 2 aromatic rings. The van der Waals surface area contributed by atoms with Gasteiger partial charge in [0.05, 0.1) is 18.8 Å². The van der Waals surface area contributed by atoms with Gasteiger partial charge in [-0.05, 0) is 35.7 Å². The number of halogens is 2. The molecule has 2 aromatic carbocycles. The SMILES string of the molecule is Cl.O=C(NC[C@H]1O[C@@H](CO)[C@@H](O)[C@H]1N1CCc2ccccc2C1)c1cccc(F)c1. The molecule has 0 unspecified atom stereocenters. The van der Waals surface area contributed by atoms with Gasteiger partial charge in [-0.2, -0.15) is 0 Å². The summed E-state index contributed by atoms with van der Waals surface area (Å²) in [7, 11) is 0. The van der Waals surface area contributed by atoms with Gasteiger partial charge in [-0.15, -0.1) is 12.4 Å². The molecule has 0 spiro atoms. The van der Waals surface area contributed by atoms with Crippen molar-refractivity contribution >= 4 is 18.3 Å². The lowest BCUT2D eigenvalue weighted by atomic mass is 9.95. The van der Waals surface area contributed by atoms with Gasteiger partial charge in [0.25, 0.3) is 5.91 Å². The molecule has 0 bridgehead atoms. The monoisotopic (exact) mass is 436 g/mol. The molecule has 6 nitrogen and oxygen atoms in total. The molecule has 30 heavy (non-hydrogen) atoms. The van der Waals surface area contributed by atoms with E-state index in [1.165, 1.54) is 29.3 Å². The Morgan fingerprint density at radius 1 is 1.17 bits per heavy atom. The van der Waals surface area contributed by atoms with E-state index in [0.717, 1.165) is 13.0 Å². The van der Waals surface area contributed by atoms with Gasteiger partial charge in [0.15, 0.2) is 0 Å². The van der Waals surface area contributed by atoms with E-state index in [1.54, 1.807) is 6.07 Å². The maximum atomic E-state index is 13.4. The largest absolute Gasteiger partial charge is 0.394 e. The van der Waals surface area contributed by atoms with E-state index in [4.69, 9.17) is 4.74 Å². The first kappa shape index (κ1) is 22.7. The first-order valence-electron chi connectivity index (χ1n) is 9.86. The number of aliphatic hydroxyl groups is 2. The Kier molecular flexibility index (Phi) is 7.44. The van der Waals surface area contributed by atoms with Crippen molar-refractivity contribution in [2.24, 2.45) is 0 Å². The molecule has 4 rings (SSSR count). The van der Waals surface area contributed by atoms with E-state index in [0.29, 0.717) is 6.54 Å². The fraction of sp³-hybridized carbons (Fsp3) is 0.409. The summed E-state index contributed by atoms with van der Waals surface area (Å²) in [6.07, 6.45) is -1.18. The van der Waals surface area contributed by atoms with E-state index in [2.05, 4.69) is 22.3 Å². The van der Waals surface area contributed by atoms with Gasteiger partial charge in [0.1, 0.15) is 18.0 Å². The second-order valence-corrected chi connectivity index (χ2v) is 7.59. The van der Waals surface area contributed by atoms with Crippen molar-refractivity contribution in [1.29, 1.82) is 0 Å². The fourth-order valence-electron chi connectivity index (χ4n) is 4.29. The minimum absolute atomic E-state index is 0. The van der Waals surface area contributed by atoms with Crippen molar-refractivity contribution in [3.05, 3.63) is 71.0 Å². The summed E-state index contributed by atoms with van der Waals surface area (Å²) < 4.78 is 19.2. The Morgan fingerprint density at radius 2 is 1.93 bits per heavy atom. The van der Waals surface area contributed by atoms with Crippen LogP contribution in [0.4, 0.5) is 4.39 Å². The van der Waals surface area contributed by atoms with E-state index in [9.17, 15) is 19.4 Å². The van der Waals surface area contributed by atoms with Crippen LogP contribution in [0.15, 0.2) is 48.5 Å². The van der Waals surface area contributed by atoms with Crippen LogP contribution in [-0.2, 0) is 17.7 Å². The number of benzene rings is 2. The quantitative estimate of drug-likeness (QED) is 0.662. The molecule has 2 aliphatic heterocycles. The third kappa shape index (κ3) is 4.66. The Hall–Kier alpha value is -2.03. The smallest absolute Gasteiger partial charge is 0.251 e. The highest BCUT2D eigenvalue weighted by molar-refractivity contribution is 5.94. The predicted molar refractivity (Wildman–Crippen MR) is 112 cm³/mol. The van der Waals surface area contributed by atoms with Crippen molar-refractivity contribution in [3.8, 4) is 0 Å². The first-order valence-corrected chi connectivity index (χ1v) is 9.86. The van der Waals surface area contributed by atoms with E-state index in [-0.39, 0.29) is 37.2 Å². The van der Waals surface area contributed by atoms with Crippen molar-refractivity contribution in [2.75, 3.05) is 19.7 Å². The van der Waals surface area contributed by atoms with Crippen LogP contribution in [-0.4, -0.2) is 65.1 Å². The third-order valence-corrected chi connectivity index (χ3v) is 5.77. The zero-order valence-electron chi connectivity index (χ0n) is 16.4. The molecule has 1 fully saturated rings. The van der Waals surface area contributed by atoms with Crippen molar-refractivity contribution < 1.29 is 24.1 Å². The molecular formula is C22H26ClFN2O4. The van der Waals surface area contributed by atoms with Crippen LogP contribution in [0.1, 0.15) is 21.5 Å². The maximum absolute atomic E-state index is 13.4. The summed E-state index contributed by atoms with van der Waals surface area (Å²) in [6, 6.07) is 13.3. The van der Waals surface area contributed by atoms with Crippen LogP contribution >= 0.6 is 12.4 Å². The number of carbonyl (C=O) groups excluding carboxylic acids is 1. The van der Waals surface area contributed by atoms with Gasteiger partial charge in [0.2, 0.25) is 0 Å². The topological polar surface area (TPSA) is 82.0 Å². The second-order valence-electron chi connectivity index (χ2n) is 7.59. The Labute approximate surface area is 181 Å². The fourth-order valence-corrected chi connectivity index (χ4v) is 4.29. The summed E-state index contributed by atoms with van der Waals surface area (Å²) in [5.74, 6) is -0.881. The highest BCUT2D eigenvalue weighted by Gasteiger charge is 2.46. The highest BCUT2D eigenvalue weighted by atomic mass is 35.5. The van der Waals surface area contributed by atoms with Crippen molar-refractivity contribution in [3.63, 3.8) is 0 Å². The number of hydrogen-bond acceptors (Lipinski definition) is 5. The lowest BCUT2D eigenvalue weighted by Crippen LogP contribution is -2.52. The minimum atomic E-state index is -0.860. The van der Waals surface area contributed by atoms with E-state index >= 15 is 0 Å². The number of ether oxygens (including phenoxy) is 1. The lowest BCUT2D eigenvalue weighted by molar-refractivity contribution is -0.0209. The summed E-state index contributed by atoms with van der Waals surface area (Å²) in [4.78, 5) is 14.5. The van der Waals surface area contributed by atoms with Crippen molar-refractivity contribution in [2.45, 2.75) is 37.3 Å². The normalized spacial score (nSPS) is 26.0. The average Bonchev–Trinajstić information content (AvgIpc) is 3.07. The Balaban J connectivity index is 0.00000256. The van der Waals surface area contributed by atoms with Gasteiger partial charge >= 0.3 is 0 Å². The zero-order chi connectivity index (χ0) is 20.4. The molecule has 1 saturated heterocycles. The van der Waals surface area contributed by atoms with Gasteiger partial charge < -0.3 is 20.3 Å².